The van der Waals surface area contributed by atoms with Crippen LogP contribution in [0.1, 0.15) is 11.1 Å². The van der Waals surface area contributed by atoms with Gasteiger partial charge in [0, 0.05) is 50.7 Å². The second kappa shape index (κ2) is 8.18. The van der Waals surface area contributed by atoms with Gasteiger partial charge in [0.15, 0.2) is 0 Å². The predicted octanol–water partition coefficient (Wildman–Crippen LogP) is 4.58. The van der Waals surface area contributed by atoms with Gasteiger partial charge in [-0.3, -0.25) is 0 Å². The number of rotatable bonds is 5. The zero-order chi connectivity index (χ0) is 17.7. The summed E-state index contributed by atoms with van der Waals surface area (Å²) in [5, 5.41) is 9.36. The van der Waals surface area contributed by atoms with E-state index in [0.717, 1.165) is 22.5 Å². The molecule has 0 radical (unpaired) electrons. The van der Waals surface area contributed by atoms with Gasteiger partial charge in [-0.25, -0.2) is 0 Å². The van der Waals surface area contributed by atoms with Gasteiger partial charge in [-0.15, -0.1) is 0 Å². The normalized spacial score (nSPS) is 11.4. The van der Waals surface area contributed by atoms with Crippen molar-refractivity contribution in [3.05, 3.63) is 57.6 Å². The number of hydrogen-bond acceptors (Lipinski definition) is 4. The second-order valence-corrected chi connectivity index (χ2v) is 6.50. The highest BCUT2D eigenvalue weighted by Crippen LogP contribution is 2.22. The summed E-state index contributed by atoms with van der Waals surface area (Å²) in [6.07, 6.45) is 3.25. The lowest BCUT2D eigenvalue weighted by Crippen LogP contribution is -2.08. The smallest absolute Gasteiger partial charge is 0.0583 e. The maximum atomic E-state index is 6.25. The van der Waals surface area contributed by atoms with Crippen LogP contribution < -0.4 is 9.80 Å². The minimum absolute atomic E-state index is 0.633. The third-order valence-corrected chi connectivity index (χ3v) is 4.12. The topological polar surface area (TPSA) is 31.2 Å². The fraction of sp³-hybridized carbons (Fsp3) is 0.222. The van der Waals surface area contributed by atoms with E-state index in [9.17, 15) is 0 Å². The quantitative estimate of drug-likeness (QED) is 0.575. The second-order valence-electron chi connectivity index (χ2n) is 5.69. The lowest BCUT2D eigenvalue weighted by molar-refractivity contribution is 1.13. The van der Waals surface area contributed by atoms with E-state index in [1.54, 1.807) is 12.4 Å². The molecule has 2 aromatic rings. The Morgan fingerprint density at radius 1 is 0.708 bits per heavy atom. The van der Waals surface area contributed by atoms with E-state index in [1.165, 1.54) is 0 Å². The first-order chi connectivity index (χ1) is 11.4. The van der Waals surface area contributed by atoms with Crippen LogP contribution in [0.3, 0.4) is 0 Å². The van der Waals surface area contributed by atoms with E-state index in [1.807, 2.05) is 74.4 Å². The Kier molecular flexibility index (Phi) is 6.23. The maximum Gasteiger partial charge on any atom is 0.0583 e. The highest BCUT2D eigenvalue weighted by Gasteiger charge is 2.02. The molecule has 4 nitrogen and oxygen atoms in total. The molecule has 0 spiro atoms. The van der Waals surface area contributed by atoms with Gasteiger partial charge in [0.25, 0.3) is 0 Å². The Balaban J connectivity index is 2.10. The van der Waals surface area contributed by atoms with Gasteiger partial charge in [0.2, 0.25) is 0 Å². The summed E-state index contributed by atoms with van der Waals surface area (Å²) in [6.45, 7) is 0. The summed E-state index contributed by atoms with van der Waals surface area (Å²) in [4.78, 5) is 3.98. The van der Waals surface area contributed by atoms with Gasteiger partial charge in [0.1, 0.15) is 0 Å². The first kappa shape index (κ1) is 18.3. The molecule has 24 heavy (non-hydrogen) atoms. The molecule has 0 saturated heterocycles. The number of halogens is 2. The molecule has 0 N–H and O–H groups in total. The number of anilines is 2. The molecule has 0 unspecified atom stereocenters. The minimum atomic E-state index is 0.633. The summed E-state index contributed by atoms with van der Waals surface area (Å²) < 4.78 is 0. The van der Waals surface area contributed by atoms with E-state index in [-0.39, 0.29) is 0 Å². The van der Waals surface area contributed by atoms with E-state index in [0.29, 0.717) is 10.0 Å². The molecule has 126 valence electrons. The van der Waals surface area contributed by atoms with Crippen molar-refractivity contribution in [3.8, 4) is 0 Å². The third-order valence-electron chi connectivity index (χ3n) is 3.46. The van der Waals surface area contributed by atoms with Crippen molar-refractivity contribution < 1.29 is 0 Å². The van der Waals surface area contributed by atoms with Crippen LogP contribution in [0.4, 0.5) is 11.4 Å². The fourth-order valence-electron chi connectivity index (χ4n) is 1.99. The van der Waals surface area contributed by atoms with Gasteiger partial charge in [-0.1, -0.05) is 23.2 Å². The monoisotopic (exact) mass is 362 g/mol. The summed E-state index contributed by atoms with van der Waals surface area (Å²) in [7, 11) is 7.87. The van der Waals surface area contributed by atoms with Crippen molar-refractivity contribution in [2.75, 3.05) is 38.0 Å². The lowest BCUT2D eigenvalue weighted by Gasteiger charge is -2.13. The average Bonchev–Trinajstić information content (AvgIpc) is 2.53. The SMILES string of the molecule is CN(C)c1ccc(/C=N\N=C\c2ccc(N(C)C)cc2Cl)c(Cl)c1. The highest BCUT2D eigenvalue weighted by molar-refractivity contribution is 6.33. The van der Waals surface area contributed by atoms with E-state index >= 15 is 0 Å². The molecular weight excluding hydrogens is 343 g/mol. The van der Waals surface area contributed by atoms with Crippen LogP contribution in [0, 0.1) is 0 Å². The number of benzene rings is 2. The molecule has 0 bridgehead atoms. The van der Waals surface area contributed by atoms with Gasteiger partial charge < -0.3 is 9.80 Å². The molecule has 0 saturated carbocycles. The van der Waals surface area contributed by atoms with Crippen LogP contribution in [0.15, 0.2) is 46.6 Å². The van der Waals surface area contributed by atoms with Gasteiger partial charge in [-0.05, 0) is 36.4 Å². The number of nitrogens with zero attached hydrogens (tertiary/aromatic N) is 4. The van der Waals surface area contributed by atoms with Crippen LogP contribution in [0.25, 0.3) is 0 Å². The number of hydrogen-bond donors (Lipinski definition) is 0. The largest absolute Gasteiger partial charge is 0.378 e. The molecule has 0 fully saturated rings. The van der Waals surface area contributed by atoms with Crippen LogP contribution >= 0.6 is 23.2 Å². The first-order valence-electron chi connectivity index (χ1n) is 7.38. The van der Waals surface area contributed by atoms with Crippen LogP contribution in [0.2, 0.25) is 10.0 Å². The van der Waals surface area contributed by atoms with Crippen molar-refractivity contribution >= 4 is 47.0 Å². The van der Waals surface area contributed by atoms with Gasteiger partial charge in [0.05, 0.1) is 22.5 Å². The standard InChI is InChI=1S/C18H20Cl2N4/c1-23(2)15-7-5-13(17(19)9-15)11-21-22-12-14-6-8-16(24(3)4)10-18(14)20/h5-12H,1-4H3/b21-11-,22-12+. The molecule has 0 atom stereocenters. The molecule has 0 heterocycles. The summed E-state index contributed by atoms with van der Waals surface area (Å²) in [6, 6.07) is 11.6. The molecule has 0 amide bonds. The summed E-state index contributed by atoms with van der Waals surface area (Å²) in [5.41, 5.74) is 3.70. The molecule has 0 aliphatic carbocycles. The zero-order valence-electron chi connectivity index (χ0n) is 14.2. The fourth-order valence-corrected chi connectivity index (χ4v) is 2.44. The van der Waals surface area contributed by atoms with E-state index in [4.69, 9.17) is 23.2 Å². The summed E-state index contributed by atoms with van der Waals surface area (Å²) >= 11 is 12.5. The van der Waals surface area contributed by atoms with E-state index < -0.39 is 0 Å². The molecule has 2 aromatic carbocycles. The molecular formula is C18H20Cl2N4. The molecule has 0 aliphatic rings. The van der Waals surface area contributed by atoms with Crippen LogP contribution in [-0.2, 0) is 0 Å². The predicted molar refractivity (Wildman–Crippen MR) is 107 cm³/mol. The Morgan fingerprint density at radius 3 is 1.38 bits per heavy atom. The highest BCUT2D eigenvalue weighted by atomic mass is 35.5. The van der Waals surface area contributed by atoms with Gasteiger partial charge in [-0.2, -0.15) is 10.2 Å². The van der Waals surface area contributed by atoms with E-state index in [2.05, 4.69) is 10.2 Å². The van der Waals surface area contributed by atoms with Crippen molar-refractivity contribution in [2.24, 2.45) is 10.2 Å². The first-order valence-corrected chi connectivity index (χ1v) is 8.14. The maximum absolute atomic E-state index is 6.25. The molecule has 0 aromatic heterocycles. The van der Waals surface area contributed by atoms with Crippen molar-refractivity contribution in [1.29, 1.82) is 0 Å². The Hall–Kier alpha value is -2.04. The minimum Gasteiger partial charge on any atom is -0.378 e. The Bertz CT molecular complexity index is 702. The zero-order valence-corrected chi connectivity index (χ0v) is 15.7. The molecule has 2 rings (SSSR count). The average molecular weight is 363 g/mol. The molecule has 6 heteroatoms. The summed E-state index contributed by atoms with van der Waals surface area (Å²) in [5.74, 6) is 0. The van der Waals surface area contributed by atoms with Crippen LogP contribution in [0.5, 0.6) is 0 Å². The van der Waals surface area contributed by atoms with Crippen LogP contribution in [-0.4, -0.2) is 40.6 Å². The van der Waals surface area contributed by atoms with Crippen molar-refractivity contribution in [2.45, 2.75) is 0 Å². The Morgan fingerprint density at radius 2 is 1.08 bits per heavy atom. The van der Waals surface area contributed by atoms with Gasteiger partial charge >= 0.3 is 0 Å². The van der Waals surface area contributed by atoms with Crippen molar-refractivity contribution in [3.63, 3.8) is 0 Å². The molecule has 0 aliphatic heterocycles. The lowest BCUT2D eigenvalue weighted by atomic mass is 10.2. The third kappa shape index (κ3) is 4.73. The Labute approximate surface area is 153 Å². The van der Waals surface area contributed by atoms with Crippen molar-refractivity contribution in [1.82, 2.24) is 0 Å².